The second-order valence-corrected chi connectivity index (χ2v) is 5.63. The Bertz CT molecular complexity index is 576. The molecular formula is C11H10ClO3P. The zero-order valence-corrected chi connectivity index (χ0v) is 9.95. The average molecular weight is 257 g/mol. The summed E-state index contributed by atoms with van der Waals surface area (Å²) in [4.78, 5) is 18.0. The first-order chi connectivity index (χ1) is 7.47. The van der Waals surface area contributed by atoms with Gasteiger partial charge in [-0.05, 0) is 17.0 Å². The molecule has 0 aliphatic rings. The lowest BCUT2D eigenvalue weighted by Gasteiger charge is -2.08. The van der Waals surface area contributed by atoms with Crippen LogP contribution in [0.1, 0.15) is 5.56 Å². The summed E-state index contributed by atoms with van der Waals surface area (Å²) < 4.78 is 11.0. The molecule has 2 N–H and O–H groups in total. The predicted molar refractivity (Wildman–Crippen MR) is 64.7 cm³/mol. The fourth-order valence-corrected chi connectivity index (χ4v) is 2.63. The third kappa shape index (κ3) is 2.45. The van der Waals surface area contributed by atoms with Gasteiger partial charge in [-0.2, -0.15) is 0 Å². The molecule has 0 heterocycles. The van der Waals surface area contributed by atoms with Gasteiger partial charge in [0, 0.05) is 10.4 Å². The number of hydrogen-bond acceptors (Lipinski definition) is 1. The minimum Gasteiger partial charge on any atom is -0.324 e. The summed E-state index contributed by atoms with van der Waals surface area (Å²) in [6.45, 7) is 0. The van der Waals surface area contributed by atoms with Crippen molar-refractivity contribution in [2.24, 2.45) is 0 Å². The molecule has 0 aliphatic carbocycles. The SMILES string of the molecule is O=P(O)(O)Cc1ccc(Cl)c2ccccc12. The van der Waals surface area contributed by atoms with E-state index in [9.17, 15) is 4.57 Å². The molecule has 0 saturated carbocycles. The van der Waals surface area contributed by atoms with E-state index in [1.54, 1.807) is 12.1 Å². The zero-order valence-electron chi connectivity index (χ0n) is 8.30. The van der Waals surface area contributed by atoms with Crippen molar-refractivity contribution in [3.05, 3.63) is 47.0 Å². The Labute approximate surface area is 97.8 Å². The molecule has 0 unspecified atom stereocenters. The second kappa shape index (κ2) is 4.19. The molecular weight excluding hydrogens is 247 g/mol. The first-order valence-electron chi connectivity index (χ1n) is 4.68. The third-order valence-corrected chi connectivity index (χ3v) is 3.42. The van der Waals surface area contributed by atoms with E-state index in [4.69, 9.17) is 21.4 Å². The lowest BCUT2D eigenvalue weighted by Crippen LogP contribution is -1.89. The molecule has 5 heteroatoms. The van der Waals surface area contributed by atoms with Gasteiger partial charge in [-0.15, -0.1) is 0 Å². The lowest BCUT2D eigenvalue weighted by atomic mass is 10.1. The van der Waals surface area contributed by atoms with Crippen LogP contribution in [0.3, 0.4) is 0 Å². The molecule has 84 valence electrons. The van der Waals surface area contributed by atoms with Gasteiger partial charge in [0.2, 0.25) is 0 Å². The fraction of sp³-hybridized carbons (Fsp3) is 0.0909. The van der Waals surface area contributed by atoms with Crippen molar-refractivity contribution in [1.82, 2.24) is 0 Å². The molecule has 0 aliphatic heterocycles. The maximum atomic E-state index is 11.0. The smallest absolute Gasteiger partial charge is 0.324 e. The largest absolute Gasteiger partial charge is 0.329 e. The highest BCUT2D eigenvalue weighted by molar-refractivity contribution is 7.50. The van der Waals surface area contributed by atoms with Crippen molar-refractivity contribution >= 4 is 30.0 Å². The monoisotopic (exact) mass is 256 g/mol. The Morgan fingerprint density at radius 3 is 2.31 bits per heavy atom. The highest BCUT2D eigenvalue weighted by Crippen LogP contribution is 2.41. The van der Waals surface area contributed by atoms with Crippen molar-refractivity contribution < 1.29 is 14.4 Å². The normalized spacial score (nSPS) is 11.9. The molecule has 0 aromatic heterocycles. The van der Waals surface area contributed by atoms with Gasteiger partial charge >= 0.3 is 7.60 Å². The van der Waals surface area contributed by atoms with Crippen molar-refractivity contribution in [3.8, 4) is 0 Å². The number of halogens is 1. The Balaban J connectivity index is 2.63. The average Bonchev–Trinajstić information content (AvgIpc) is 2.21. The molecule has 0 spiro atoms. The minimum absolute atomic E-state index is 0.259. The van der Waals surface area contributed by atoms with E-state index >= 15 is 0 Å². The van der Waals surface area contributed by atoms with Crippen LogP contribution < -0.4 is 0 Å². The molecule has 2 aromatic carbocycles. The Hall–Kier alpha value is -0.860. The second-order valence-electron chi connectivity index (χ2n) is 3.57. The molecule has 2 rings (SSSR count). The van der Waals surface area contributed by atoms with E-state index in [0.29, 0.717) is 10.6 Å². The van der Waals surface area contributed by atoms with Crippen LogP contribution in [-0.4, -0.2) is 9.79 Å². The van der Waals surface area contributed by atoms with E-state index in [-0.39, 0.29) is 6.16 Å². The van der Waals surface area contributed by atoms with E-state index in [1.807, 2.05) is 24.3 Å². The molecule has 0 amide bonds. The van der Waals surface area contributed by atoms with Crippen LogP contribution in [-0.2, 0) is 10.7 Å². The topological polar surface area (TPSA) is 57.5 Å². The standard InChI is InChI=1S/C11H10ClO3P/c12-11-6-5-8(7-16(13,14)15)9-3-1-2-4-10(9)11/h1-6H,7H2,(H2,13,14,15). The van der Waals surface area contributed by atoms with Crippen LogP contribution in [0.5, 0.6) is 0 Å². The maximum absolute atomic E-state index is 11.0. The van der Waals surface area contributed by atoms with Crippen molar-refractivity contribution in [3.63, 3.8) is 0 Å². The van der Waals surface area contributed by atoms with E-state index in [0.717, 1.165) is 10.8 Å². The van der Waals surface area contributed by atoms with Crippen LogP contribution >= 0.6 is 19.2 Å². The van der Waals surface area contributed by atoms with Crippen molar-refractivity contribution in [2.75, 3.05) is 0 Å². The Morgan fingerprint density at radius 2 is 1.69 bits per heavy atom. The summed E-state index contributed by atoms with van der Waals surface area (Å²) >= 11 is 6.01. The lowest BCUT2D eigenvalue weighted by molar-refractivity contribution is 0.372. The fourth-order valence-electron chi connectivity index (χ4n) is 1.68. The van der Waals surface area contributed by atoms with E-state index in [1.165, 1.54) is 0 Å². The van der Waals surface area contributed by atoms with Gasteiger partial charge in [0.05, 0.1) is 6.16 Å². The zero-order chi connectivity index (χ0) is 11.8. The molecule has 2 aromatic rings. The summed E-state index contributed by atoms with van der Waals surface area (Å²) in [6.07, 6.45) is -0.259. The molecule has 16 heavy (non-hydrogen) atoms. The van der Waals surface area contributed by atoms with Gasteiger partial charge in [-0.3, -0.25) is 4.57 Å². The summed E-state index contributed by atoms with van der Waals surface area (Å²) in [5.74, 6) is 0. The molecule has 0 atom stereocenters. The van der Waals surface area contributed by atoms with Crippen LogP contribution in [0.25, 0.3) is 10.8 Å². The minimum atomic E-state index is -4.05. The van der Waals surface area contributed by atoms with Crippen molar-refractivity contribution in [1.29, 1.82) is 0 Å². The molecule has 0 fully saturated rings. The van der Waals surface area contributed by atoms with Gasteiger partial charge < -0.3 is 9.79 Å². The van der Waals surface area contributed by atoms with Crippen molar-refractivity contribution in [2.45, 2.75) is 6.16 Å². The summed E-state index contributed by atoms with van der Waals surface area (Å²) in [6, 6.07) is 10.6. The van der Waals surface area contributed by atoms with Gasteiger partial charge in [0.25, 0.3) is 0 Å². The van der Waals surface area contributed by atoms with Crippen LogP contribution in [0.2, 0.25) is 5.02 Å². The third-order valence-electron chi connectivity index (χ3n) is 2.34. The Kier molecular flexibility index (Phi) is 3.04. The molecule has 3 nitrogen and oxygen atoms in total. The highest BCUT2D eigenvalue weighted by Gasteiger charge is 2.16. The predicted octanol–water partition coefficient (Wildman–Crippen LogP) is 3.17. The number of fused-ring (bicyclic) bond motifs is 1. The van der Waals surface area contributed by atoms with Crippen LogP contribution in [0.4, 0.5) is 0 Å². The molecule has 0 radical (unpaired) electrons. The van der Waals surface area contributed by atoms with Gasteiger partial charge in [0.1, 0.15) is 0 Å². The highest BCUT2D eigenvalue weighted by atomic mass is 35.5. The van der Waals surface area contributed by atoms with Gasteiger partial charge in [-0.1, -0.05) is 41.9 Å². The molecule has 0 saturated heterocycles. The molecule has 0 bridgehead atoms. The summed E-state index contributed by atoms with van der Waals surface area (Å²) in [5.41, 5.74) is 0.619. The number of rotatable bonds is 2. The number of benzene rings is 2. The quantitative estimate of drug-likeness (QED) is 0.812. The van der Waals surface area contributed by atoms with Gasteiger partial charge in [0.15, 0.2) is 0 Å². The van der Waals surface area contributed by atoms with Gasteiger partial charge in [-0.25, -0.2) is 0 Å². The van der Waals surface area contributed by atoms with Crippen LogP contribution in [0.15, 0.2) is 36.4 Å². The summed E-state index contributed by atoms with van der Waals surface area (Å²) in [5, 5.41) is 2.19. The Morgan fingerprint density at radius 1 is 1.06 bits per heavy atom. The van der Waals surface area contributed by atoms with Crippen LogP contribution in [0, 0.1) is 0 Å². The summed E-state index contributed by atoms with van der Waals surface area (Å²) in [7, 11) is -4.05. The number of hydrogen-bond donors (Lipinski definition) is 2. The maximum Gasteiger partial charge on any atom is 0.329 e. The first-order valence-corrected chi connectivity index (χ1v) is 6.85. The first kappa shape index (κ1) is 11.6. The van der Waals surface area contributed by atoms with E-state index < -0.39 is 7.60 Å². The van der Waals surface area contributed by atoms with E-state index in [2.05, 4.69) is 0 Å².